The number of amides is 3. The predicted molar refractivity (Wildman–Crippen MR) is 105 cm³/mol. The topological polar surface area (TPSA) is 75.7 Å². The molecule has 6 heteroatoms. The fourth-order valence-corrected chi connectivity index (χ4v) is 3.21. The summed E-state index contributed by atoms with van der Waals surface area (Å²) < 4.78 is 5.26. The molecule has 0 aromatic heterocycles. The molecule has 28 heavy (non-hydrogen) atoms. The molecule has 138 valence electrons. The predicted octanol–water partition coefficient (Wildman–Crippen LogP) is 3.75. The molecule has 1 N–H and O–H groups in total. The van der Waals surface area contributed by atoms with Gasteiger partial charge in [0.2, 0.25) is 0 Å². The molecule has 1 heterocycles. The third-order valence-corrected chi connectivity index (χ3v) is 4.54. The number of imide groups is 1. The van der Waals surface area contributed by atoms with E-state index in [9.17, 15) is 14.4 Å². The van der Waals surface area contributed by atoms with Crippen LogP contribution in [-0.2, 0) is 0 Å². The highest BCUT2D eigenvalue weighted by molar-refractivity contribution is 6.35. The largest absolute Gasteiger partial charge is 0.495 e. The number of methoxy groups -OCH3 is 1. The summed E-state index contributed by atoms with van der Waals surface area (Å²) in [5.41, 5.74) is 1.59. The first-order valence-electron chi connectivity index (χ1n) is 8.63. The number of benzene rings is 3. The molecule has 0 atom stereocenters. The number of nitrogens with zero attached hydrogens (tertiary/aromatic N) is 1. The van der Waals surface area contributed by atoms with E-state index in [-0.39, 0.29) is 11.3 Å². The van der Waals surface area contributed by atoms with Gasteiger partial charge >= 0.3 is 0 Å². The van der Waals surface area contributed by atoms with E-state index in [1.54, 1.807) is 72.8 Å². The lowest BCUT2D eigenvalue weighted by atomic mass is 10.1. The Bertz CT molecular complexity index is 1070. The Morgan fingerprint density at radius 1 is 0.821 bits per heavy atom. The molecule has 6 nitrogen and oxygen atoms in total. The minimum Gasteiger partial charge on any atom is -0.495 e. The van der Waals surface area contributed by atoms with Crippen molar-refractivity contribution in [1.82, 2.24) is 0 Å². The Morgan fingerprint density at radius 2 is 1.39 bits per heavy atom. The number of ether oxygens (including phenoxy) is 1. The molecule has 3 amide bonds. The summed E-state index contributed by atoms with van der Waals surface area (Å²) in [6, 6.07) is 20.1. The number of anilines is 2. The summed E-state index contributed by atoms with van der Waals surface area (Å²) in [5, 5.41) is 2.78. The maximum absolute atomic E-state index is 12.9. The molecule has 0 spiro atoms. The van der Waals surface area contributed by atoms with Gasteiger partial charge in [-0.05, 0) is 36.4 Å². The van der Waals surface area contributed by atoms with Crippen molar-refractivity contribution in [2.24, 2.45) is 0 Å². The van der Waals surface area contributed by atoms with Crippen LogP contribution in [-0.4, -0.2) is 24.8 Å². The van der Waals surface area contributed by atoms with E-state index < -0.39 is 17.7 Å². The molecule has 3 aromatic carbocycles. The van der Waals surface area contributed by atoms with Crippen molar-refractivity contribution in [2.45, 2.75) is 0 Å². The van der Waals surface area contributed by atoms with E-state index in [4.69, 9.17) is 4.74 Å². The van der Waals surface area contributed by atoms with E-state index in [1.165, 1.54) is 7.11 Å². The Labute approximate surface area is 161 Å². The number of hydrogen-bond donors (Lipinski definition) is 1. The van der Waals surface area contributed by atoms with Gasteiger partial charge in [0.05, 0.1) is 35.2 Å². The molecule has 0 saturated heterocycles. The average molecular weight is 372 g/mol. The first-order valence-corrected chi connectivity index (χ1v) is 8.63. The summed E-state index contributed by atoms with van der Waals surface area (Å²) in [6.45, 7) is 0. The summed E-state index contributed by atoms with van der Waals surface area (Å²) in [5.74, 6) is -0.831. The molecule has 4 rings (SSSR count). The van der Waals surface area contributed by atoms with Gasteiger partial charge in [0.15, 0.2) is 0 Å². The minimum atomic E-state index is -0.448. The van der Waals surface area contributed by atoms with Crippen LogP contribution in [0.25, 0.3) is 0 Å². The summed E-state index contributed by atoms with van der Waals surface area (Å²) >= 11 is 0. The van der Waals surface area contributed by atoms with Crippen LogP contribution >= 0.6 is 0 Å². The van der Waals surface area contributed by atoms with Gasteiger partial charge in [-0.15, -0.1) is 0 Å². The SMILES string of the molecule is COc1ccccc1NC(=O)c1ccccc1N1C(=O)c2ccccc2C1=O. The second-order valence-electron chi connectivity index (χ2n) is 6.16. The summed E-state index contributed by atoms with van der Waals surface area (Å²) in [7, 11) is 1.51. The third kappa shape index (κ3) is 2.81. The molecule has 1 aliphatic rings. The first kappa shape index (κ1) is 17.5. The third-order valence-electron chi connectivity index (χ3n) is 4.54. The fraction of sp³-hybridized carbons (Fsp3) is 0.0455. The zero-order valence-electron chi connectivity index (χ0n) is 15.0. The van der Waals surface area contributed by atoms with Crippen molar-refractivity contribution in [1.29, 1.82) is 0 Å². The number of rotatable bonds is 4. The van der Waals surface area contributed by atoms with E-state index >= 15 is 0 Å². The lowest BCUT2D eigenvalue weighted by Crippen LogP contribution is -2.31. The van der Waals surface area contributed by atoms with Crippen LogP contribution in [0.3, 0.4) is 0 Å². The minimum absolute atomic E-state index is 0.211. The lowest BCUT2D eigenvalue weighted by molar-refractivity contribution is 0.0926. The number of fused-ring (bicyclic) bond motifs is 1. The van der Waals surface area contributed by atoms with Crippen LogP contribution in [0.4, 0.5) is 11.4 Å². The number of para-hydroxylation sites is 3. The second-order valence-corrected chi connectivity index (χ2v) is 6.16. The van der Waals surface area contributed by atoms with Crippen LogP contribution in [0.1, 0.15) is 31.1 Å². The normalized spacial score (nSPS) is 12.7. The zero-order valence-corrected chi connectivity index (χ0v) is 15.0. The van der Waals surface area contributed by atoms with Crippen molar-refractivity contribution >= 4 is 29.1 Å². The van der Waals surface area contributed by atoms with Gasteiger partial charge in [-0.2, -0.15) is 0 Å². The number of nitrogens with one attached hydrogen (secondary N) is 1. The maximum Gasteiger partial charge on any atom is 0.266 e. The standard InChI is InChI=1S/C22H16N2O4/c1-28-19-13-7-5-11-17(19)23-20(25)16-10-4-6-12-18(16)24-21(26)14-8-2-3-9-15(14)22(24)27/h2-13H,1H3,(H,23,25). The first-order chi connectivity index (χ1) is 13.6. The van der Waals surface area contributed by atoms with Gasteiger partial charge in [-0.1, -0.05) is 36.4 Å². The molecule has 1 aliphatic heterocycles. The summed E-state index contributed by atoms with van der Waals surface area (Å²) in [6.07, 6.45) is 0. The van der Waals surface area contributed by atoms with Gasteiger partial charge in [0.1, 0.15) is 5.75 Å². The molecule has 0 aliphatic carbocycles. The second kappa shape index (κ2) is 7.00. The van der Waals surface area contributed by atoms with E-state index in [0.29, 0.717) is 22.6 Å². The van der Waals surface area contributed by atoms with Crippen LogP contribution in [0.15, 0.2) is 72.8 Å². The van der Waals surface area contributed by atoms with Crippen LogP contribution in [0.5, 0.6) is 5.75 Å². The molecule has 0 radical (unpaired) electrons. The highest BCUT2D eigenvalue weighted by Crippen LogP contribution is 2.32. The van der Waals surface area contributed by atoms with Crippen molar-refractivity contribution in [3.05, 3.63) is 89.5 Å². The average Bonchev–Trinajstić information content (AvgIpc) is 2.99. The molecular formula is C22H16N2O4. The van der Waals surface area contributed by atoms with Gasteiger partial charge in [0, 0.05) is 0 Å². The summed E-state index contributed by atoms with van der Waals surface area (Å²) in [4.78, 5) is 39.6. The molecule has 0 bridgehead atoms. The van der Waals surface area contributed by atoms with Crippen molar-refractivity contribution in [3.63, 3.8) is 0 Å². The van der Waals surface area contributed by atoms with Gasteiger partial charge in [-0.25, -0.2) is 4.90 Å². The highest BCUT2D eigenvalue weighted by atomic mass is 16.5. The van der Waals surface area contributed by atoms with Crippen molar-refractivity contribution in [3.8, 4) is 5.75 Å². The van der Waals surface area contributed by atoms with E-state index in [1.807, 2.05) is 0 Å². The Hall–Kier alpha value is -3.93. The smallest absolute Gasteiger partial charge is 0.266 e. The van der Waals surface area contributed by atoms with Crippen LogP contribution in [0.2, 0.25) is 0 Å². The fourth-order valence-electron chi connectivity index (χ4n) is 3.21. The Balaban J connectivity index is 1.71. The van der Waals surface area contributed by atoms with Gasteiger partial charge in [0.25, 0.3) is 17.7 Å². The van der Waals surface area contributed by atoms with Crippen molar-refractivity contribution in [2.75, 3.05) is 17.3 Å². The maximum atomic E-state index is 12.9. The van der Waals surface area contributed by atoms with Crippen LogP contribution < -0.4 is 15.0 Å². The molecular weight excluding hydrogens is 356 g/mol. The van der Waals surface area contributed by atoms with Crippen LogP contribution in [0, 0.1) is 0 Å². The van der Waals surface area contributed by atoms with Crippen molar-refractivity contribution < 1.29 is 19.1 Å². The van der Waals surface area contributed by atoms with Gasteiger partial charge in [-0.3, -0.25) is 14.4 Å². The molecule has 3 aromatic rings. The quantitative estimate of drug-likeness (QED) is 0.708. The van der Waals surface area contributed by atoms with E-state index in [2.05, 4.69) is 5.32 Å². The van der Waals surface area contributed by atoms with E-state index in [0.717, 1.165) is 4.90 Å². The Kier molecular flexibility index (Phi) is 4.37. The molecule has 0 fully saturated rings. The van der Waals surface area contributed by atoms with Gasteiger partial charge < -0.3 is 10.1 Å². The lowest BCUT2D eigenvalue weighted by Gasteiger charge is -2.18. The number of carbonyl (C=O) groups excluding carboxylic acids is 3. The highest BCUT2D eigenvalue weighted by Gasteiger charge is 2.37. The number of carbonyl (C=O) groups is 3. The molecule has 0 unspecified atom stereocenters. The number of hydrogen-bond acceptors (Lipinski definition) is 4. The monoisotopic (exact) mass is 372 g/mol. The Morgan fingerprint density at radius 3 is 2.07 bits per heavy atom. The zero-order chi connectivity index (χ0) is 19.7. The molecule has 0 saturated carbocycles.